The summed E-state index contributed by atoms with van der Waals surface area (Å²) in [4.78, 5) is 28.4. The third-order valence-corrected chi connectivity index (χ3v) is 4.26. The molecule has 0 spiro atoms. The maximum Gasteiger partial charge on any atom is 0.317 e. The Morgan fingerprint density at radius 1 is 1.20 bits per heavy atom. The first-order valence-electron chi connectivity index (χ1n) is 8.69. The molecule has 1 fully saturated rings. The van der Waals surface area contributed by atoms with Crippen LogP contribution in [0.15, 0.2) is 18.2 Å². The Morgan fingerprint density at radius 2 is 1.88 bits per heavy atom. The highest BCUT2D eigenvalue weighted by Crippen LogP contribution is 2.26. The quantitative estimate of drug-likeness (QED) is 0.889. The first kappa shape index (κ1) is 19.4. The lowest BCUT2D eigenvalue weighted by molar-refractivity contribution is 0.0762. The number of nitrogens with zero attached hydrogens (tertiary/aromatic N) is 2. The number of nitrogens with one attached hydrogen (secondary N) is 1. The lowest BCUT2D eigenvalue weighted by Gasteiger charge is -2.23. The van der Waals surface area contributed by atoms with E-state index < -0.39 is 0 Å². The third kappa shape index (κ3) is 5.26. The van der Waals surface area contributed by atoms with Crippen molar-refractivity contribution in [1.29, 1.82) is 0 Å². The minimum Gasteiger partial charge on any atom is -0.492 e. The van der Waals surface area contributed by atoms with Crippen molar-refractivity contribution in [2.75, 3.05) is 32.8 Å². The van der Waals surface area contributed by atoms with Gasteiger partial charge in [-0.25, -0.2) is 4.79 Å². The molecule has 138 valence electrons. The molecule has 0 radical (unpaired) electrons. The number of carbonyl (C=O) groups is 2. The van der Waals surface area contributed by atoms with Crippen molar-refractivity contribution in [2.24, 2.45) is 0 Å². The van der Waals surface area contributed by atoms with Gasteiger partial charge < -0.3 is 19.9 Å². The monoisotopic (exact) mass is 367 g/mol. The molecule has 3 amide bonds. The summed E-state index contributed by atoms with van der Waals surface area (Å²) >= 11 is 6.18. The first-order chi connectivity index (χ1) is 11.9. The summed E-state index contributed by atoms with van der Waals surface area (Å²) < 4.78 is 5.40. The van der Waals surface area contributed by atoms with Crippen molar-refractivity contribution in [3.05, 3.63) is 28.8 Å². The molecule has 25 heavy (non-hydrogen) atoms. The van der Waals surface area contributed by atoms with Crippen molar-refractivity contribution >= 4 is 23.5 Å². The fourth-order valence-corrected chi connectivity index (χ4v) is 2.99. The van der Waals surface area contributed by atoms with Gasteiger partial charge in [0.05, 0.1) is 11.6 Å². The summed E-state index contributed by atoms with van der Waals surface area (Å²) in [5.41, 5.74) is 0.536. The number of halogens is 1. The minimum absolute atomic E-state index is 0.0731. The summed E-state index contributed by atoms with van der Waals surface area (Å²) in [5.74, 6) is 0.504. The lowest BCUT2D eigenvalue weighted by atomic mass is 10.2. The highest BCUT2D eigenvalue weighted by atomic mass is 35.5. The van der Waals surface area contributed by atoms with Crippen LogP contribution in [-0.2, 0) is 0 Å². The van der Waals surface area contributed by atoms with Crippen molar-refractivity contribution in [2.45, 2.75) is 33.2 Å². The van der Waals surface area contributed by atoms with Crippen LogP contribution in [0.25, 0.3) is 0 Å². The van der Waals surface area contributed by atoms with Gasteiger partial charge in [0.1, 0.15) is 5.75 Å². The SMILES string of the molecule is CCOc1ccc(C(=O)N2CCCN(C(=O)NC(C)C)CC2)cc1Cl. The number of hydrogen-bond acceptors (Lipinski definition) is 3. The van der Waals surface area contributed by atoms with Gasteiger partial charge in [0.2, 0.25) is 0 Å². The maximum absolute atomic E-state index is 12.7. The van der Waals surface area contributed by atoms with Gasteiger partial charge in [0.15, 0.2) is 0 Å². The molecule has 0 bridgehead atoms. The Hall–Kier alpha value is -1.95. The Labute approximate surface area is 154 Å². The predicted octanol–water partition coefficient (Wildman–Crippen LogP) is 3.00. The molecule has 0 atom stereocenters. The van der Waals surface area contributed by atoms with Crippen LogP contribution in [0.2, 0.25) is 5.02 Å². The van der Waals surface area contributed by atoms with E-state index in [0.717, 1.165) is 6.42 Å². The van der Waals surface area contributed by atoms with E-state index in [9.17, 15) is 9.59 Å². The van der Waals surface area contributed by atoms with E-state index in [0.29, 0.717) is 49.1 Å². The Morgan fingerprint density at radius 3 is 2.52 bits per heavy atom. The van der Waals surface area contributed by atoms with E-state index in [1.165, 1.54) is 0 Å². The van der Waals surface area contributed by atoms with Gasteiger partial charge in [-0.15, -0.1) is 0 Å². The number of ether oxygens (including phenoxy) is 1. The number of amides is 3. The lowest BCUT2D eigenvalue weighted by Crippen LogP contribution is -2.44. The fourth-order valence-electron chi connectivity index (χ4n) is 2.75. The second-order valence-electron chi connectivity index (χ2n) is 6.32. The molecule has 1 aromatic rings. The summed E-state index contributed by atoms with van der Waals surface area (Å²) in [6.07, 6.45) is 0.752. The predicted molar refractivity (Wildman–Crippen MR) is 98.4 cm³/mol. The maximum atomic E-state index is 12.7. The average Bonchev–Trinajstić information content (AvgIpc) is 2.81. The number of hydrogen-bond donors (Lipinski definition) is 1. The van der Waals surface area contributed by atoms with E-state index >= 15 is 0 Å². The Kier molecular flexibility index (Phi) is 6.93. The van der Waals surface area contributed by atoms with Gasteiger partial charge >= 0.3 is 6.03 Å². The van der Waals surface area contributed by atoms with Gasteiger partial charge in [-0.05, 0) is 45.4 Å². The molecule has 1 aliphatic heterocycles. The molecule has 1 heterocycles. The van der Waals surface area contributed by atoms with Crippen LogP contribution in [0, 0.1) is 0 Å². The zero-order valence-electron chi connectivity index (χ0n) is 15.0. The largest absolute Gasteiger partial charge is 0.492 e. The normalized spacial score (nSPS) is 15.1. The van der Waals surface area contributed by atoms with Crippen molar-refractivity contribution < 1.29 is 14.3 Å². The number of rotatable bonds is 4. The van der Waals surface area contributed by atoms with Gasteiger partial charge in [-0.2, -0.15) is 0 Å². The summed E-state index contributed by atoms with van der Waals surface area (Å²) in [6.45, 7) is 8.56. The molecule has 1 N–H and O–H groups in total. The number of urea groups is 1. The summed E-state index contributed by atoms with van der Waals surface area (Å²) in [7, 11) is 0. The van der Waals surface area contributed by atoms with E-state index in [1.807, 2.05) is 20.8 Å². The molecule has 0 aromatic heterocycles. The van der Waals surface area contributed by atoms with Crippen LogP contribution >= 0.6 is 11.6 Å². The van der Waals surface area contributed by atoms with E-state index in [4.69, 9.17) is 16.3 Å². The molecule has 6 nitrogen and oxygen atoms in total. The van der Waals surface area contributed by atoms with Crippen molar-refractivity contribution in [3.63, 3.8) is 0 Å². The molecule has 1 aliphatic rings. The molecular formula is C18H26ClN3O3. The number of carbonyl (C=O) groups excluding carboxylic acids is 2. The molecular weight excluding hydrogens is 342 g/mol. The average molecular weight is 368 g/mol. The number of benzene rings is 1. The molecule has 2 rings (SSSR count). The molecule has 0 unspecified atom stereocenters. The fraction of sp³-hybridized carbons (Fsp3) is 0.556. The van der Waals surface area contributed by atoms with Crippen molar-refractivity contribution in [1.82, 2.24) is 15.1 Å². The molecule has 0 saturated carbocycles. The molecule has 1 aromatic carbocycles. The zero-order valence-corrected chi connectivity index (χ0v) is 15.8. The van der Waals surface area contributed by atoms with Crippen molar-refractivity contribution in [3.8, 4) is 5.75 Å². The van der Waals surface area contributed by atoms with Gasteiger partial charge in [-0.1, -0.05) is 11.6 Å². The van der Waals surface area contributed by atoms with Crippen LogP contribution in [0.1, 0.15) is 37.6 Å². The highest BCUT2D eigenvalue weighted by molar-refractivity contribution is 6.32. The minimum atomic E-state index is -0.0755. The Bertz CT molecular complexity index is 622. The summed E-state index contributed by atoms with van der Waals surface area (Å²) in [6, 6.07) is 5.11. The van der Waals surface area contributed by atoms with Crippen LogP contribution in [0.3, 0.4) is 0 Å². The van der Waals surface area contributed by atoms with E-state index in [1.54, 1.807) is 28.0 Å². The third-order valence-electron chi connectivity index (χ3n) is 3.96. The highest BCUT2D eigenvalue weighted by Gasteiger charge is 2.23. The standard InChI is InChI=1S/C18H26ClN3O3/c1-4-25-16-7-6-14(12-15(16)19)17(23)21-8-5-9-22(11-10-21)18(24)20-13(2)3/h6-7,12-13H,4-5,8-11H2,1-3H3,(H,20,24). The smallest absolute Gasteiger partial charge is 0.317 e. The van der Waals surface area contributed by atoms with Crippen LogP contribution in [0.4, 0.5) is 4.79 Å². The van der Waals surface area contributed by atoms with E-state index in [2.05, 4.69) is 5.32 Å². The van der Waals surface area contributed by atoms with Gasteiger partial charge in [-0.3, -0.25) is 4.79 Å². The summed E-state index contributed by atoms with van der Waals surface area (Å²) in [5, 5.41) is 3.32. The first-order valence-corrected chi connectivity index (χ1v) is 9.07. The Balaban J connectivity index is 2.01. The zero-order chi connectivity index (χ0) is 18.4. The van der Waals surface area contributed by atoms with E-state index in [-0.39, 0.29) is 18.0 Å². The van der Waals surface area contributed by atoms with Crippen LogP contribution < -0.4 is 10.1 Å². The molecule has 0 aliphatic carbocycles. The van der Waals surface area contributed by atoms with Gasteiger partial charge in [0.25, 0.3) is 5.91 Å². The second-order valence-corrected chi connectivity index (χ2v) is 6.72. The molecule has 7 heteroatoms. The van der Waals surface area contributed by atoms with Crippen LogP contribution in [0.5, 0.6) is 5.75 Å². The molecule has 1 saturated heterocycles. The second kappa shape index (κ2) is 8.94. The topological polar surface area (TPSA) is 61.9 Å². The van der Waals surface area contributed by atoms with Crippen LogP contribution in [-0.4, -0.2) is 60.6 Å². The van der Waals surface area contributed by atoms with Gasteiger partial charge in [0, 0.05) is 37.8 Å².